The largest absolute Gasteiger partial charge is 0.497 e. The van der Waals surface area contributed by atoms with Crippen molar-refractivity contribution in [1.29, 1.82) is 0 Å². The highest BCUT2D eigenvalue weighted by molar-refractivity contribution is 6.07. The summed E-state index contributed by atoms with van der Waals surface area (Å²) >= 11 is 0. The monoisotopic (exact) mass is 380 g/mol. The molecule has 28 heavy (non-hydrogen) atoms. The van der Waals surface area contributed by atoms with Gasteiger partial charge in [-0.05, 0) is 61.4 Å². The van der Waals surface area contributed by atoms with E-state index in [0.717, 1.165) is 24.1 Å². The van der Waals surface area contributed by atoms with Crippen molar-refractivity contribution in [2.75, 3.05) is 12.0 Å². The molecule has 2 aromatic carbocycles. The number of benzene rings is 2. The third kappa shape index (κ3) is 4.03. The number of hydrogen-bond donors (Lipinski definition) is 1. The molecular formula is C23H28N2O3. The number of carbonyl (C=O) groups excluding carboxylic acids is 2. The van der Waals surface area contributed by atoms with E-state index in [0.29, 0.717) is 29.6 Å². The number of para-hydroxylation sites is 1. The normalized spacial score (nSPS) is 19.6. The summed E-state index contributed by atoms with van der Waals surface area (Å²) in [5.41, 5.74) is 8.06. The Labute approximate surface area is 166 Å². The van der Waals surface area contributed by atoms with Gasteiger partial charge in [0.05, 0.1) is 7.11 Å². The second-order valence-corrected chi connectivity index (χ2v) is 7.64. The SMILES string of the molecule is COc1cccc(C(=O)N2c3ccccc3C(C(C)CCC(N)=O)CC2C)c1. The highest BCUT2D eigenvalue weighted by atomic mass is 16.5. The molecule has 5 heteroatoms. The zero-order chi connectivity index (χ0) is 20.3. The Balaban J connectivity index is 1.93. The van der Waals surface area contributed by atoms with Gasteiger partial charge in [-0.15, -0.1) is 0 Å². The minimum absolute atomic E-state index is 0.0258. The van der Waals surface area contributed by atoms with E-state index < -0.39 is 0 Å². The van der Waals surface area contributed by atoms with Crippen LogP contribution in [0.1, 0.15) is 54.9 Å². The van der Waals surface area contributed by atoms with E-state index in [1.54, 1.807) is 13.2 Å². The van der Waals surface area contributed by atoms with Crippen LogP contribution in [0.15, 0.2) is 48.5 Å². The summed E-state index contributed by atoms with van der Waals surface area (Å²) in [5, 5.41) is 0. The van der Waals surface area contributed by atoms with Gasteiger partial charge in [0.2, 0.25) is 5.91 Å². The zero-order valence-electron chi connectivity index (χ0n) is 16.7. The summed E-state index contributed by atoms with van der Waals surface area (Å²) in [6.45, 7) is 4.25. The molecule has 3 unspecified atom stereocenters. The standard InChI is InChI=1S/C23H28N2O3/c1-15(11-12-22(24)26)20-13-16(2)25(21-10-5-4-9-19(20)21)23(27)17-7-6-8-18(14-17)28-3/h4-10,14-16,20H,11-13H2,1-3H3,(H2,24,26). The van der Waals surface area contributed by atoms with Gasteiger partial charge in [-0.2, -0.15) is 0 Å². The molecule has 3 rings (SSSR count). The quantitative estimate of drug-likeness (QED) is 0.819. The molecule has 1 heterocycles. The highest BCUT2D eigenvalue weighted by Crippen LogP contribution is 2.43. The van der Waals surface area contributed by atoms with Gasteiger partial charge in [0.1, 0.15) is 5.75 Å². The van der Waals surface area contributed by atoms with Crippen LogP contribution in [-0.4, -0.2) is 25.0 Å². The first kappa shape index (κ1) is 19.9. The number of primary amides is 1. The lowest BCUT2D eigenvalue weighted by atomic mass is 9.76. The Morgan fingerprint density at radius 2 is 1.96 bits per heavy atom. The van der Waals surface area contributed by atoms with E-state index in [1.165, 1.54) is 0 Å². The maximum atomic E-state index is 13.3. The predicted octanol–water partition coefficient (Wildman–Crippen LogP) is 4.12. The molecule has 1 aliphatic rings. The summed E-state index contributed by atoms with van der Waals surface area (Å²) in [7, 11) is 1.60. The predicted molar refractivity (Wildman–Crippen MR) is 111 cm³/mol. The molecule has 3 atom stereocenters. The van der Waals surface area contributed by atoms with E-state index in [9.17, 15) is 9.59 Å². The molecule has 5 nitrogen and oxygen atoms in total. The van der Waals surface area contributed by atoms with Gasteiger partial charge < -0.3 is 15.4 Å². The average Bonchev–Trinajstić information content (AvgIpc) is 2.71. The molecule has 0 bridgehead atoms. The minimum Gasteiger partial charge on any atom is -0.497 e. The Morgan fingerprint density at radius 3 is 2.68 bits per heavy atom. The third-order valence-electron chi connectivity index (χ3n) is 5.70. The number of hydrogen-bond acceptors (Lipinski definition) is 3. The molecule has 0 aromatic heterocycles. The Kier molecular flexibility index (Phi) is 6.02. The third-order valence-corrected chi connectivity index (χ3v) is 5.70. The minimum atomic E-state index is -0.265. The average molecular weight is 380 g/mol. The molecule has 0 spiro atoms. The molecule has 0 fully saturated rings. The van der Waals surface area contributed by atoms with Gasteiger partial charge in [-0.3, -0.25) is 9.59 Å². The van der Waals surface area contributed by atoms with Crippen molar-refractivity contribution in [3.8, 4) is 5.75 Å². The maximum absolute atomic E-state index is 13.3. The van der Waals surface area contributed by atoms with Crippen LogP contribution in [0, 0.1) is 5.92 Å². The van der Waals surface area contributed by atoms with Crippen LogP contribution in [-0.2, 0) is 4.79 Å². The molecule has 2 amide bonds. The molecular weight excluding hydrogens is 352 g/mol. The Hall–Kier alpha value is -2.82. The zero-order valence-corrected chi connectivity index (χ0v) is 16.7. The first-order valence-electron chi connectivity index (χ1n) is 9.77. The van der Waals surface area contributed by atoms with Gasteiger partial charge in [0.25, 0.3) is 5.91 Å². The number of nitrogens with two attached hydrogens (primary N) is 1. The van der Waals surface area contributed by atoms with Gasteiger partial charge in [-0.25, -0.2) is 0 Å². The molecule has 0 saturated heterocycles. The van der Waals surface area contributed by atoms with E-state index >= 15 is 0 Å². The van der Waals surface area contributed by atoms with E-state index in [2.05, 4.69) is 19.9 Å². The van der Waals surface area contributed by atoms with Crippen molar-refractivity contribution in [1.82, 2.24) is 0 Å². The lowest BCUT2D eigenvalue weighted by Gasteiger charge is -2.41. The number of ether oxygens (including phenoxy) is 1. The molecule has 2 N–H and O–H groups in total. The molecule has 1 aliphatic heterocycles. The van der Waals surface area contributed by atoms with Crippen LogP contribution in [0.2, 0.25) is 0 Å². The summed E-state index contributed by atoms with van der Waals surface area (Å²) in [4.78, 5) is 26.4. The van der Waals surface area contributed by atoms with Crippen molar-refractivity contribution in [2.24, 2.45) is 11.7 Å². The molecule has 0 aliphatic carbocycles. The van der Waals surface area contributed by atoms with Crippen LogP contribution < -0.4 is 15.4 Å². The Bertz CT molecular complexity index is 864. The van der Waals surface area contributed by atoms with Crippen molar-refractivity contribution < 1.29 is 14.3 Å². The van der Waals surface area contributed by atoms with E-state index in [4.69, 9.17) is 10.5 Å². The fraction of sp³-hybridized carbons (Fsp3) is 0.391. The second kappa shape index (κ2) is 8.46. The summed E-state index contributed by atoms with van der Waals surface area (Å²) in [5.74, 6) is 0.979. The number of carbonyl (C=O) groups is 2. The lowest BCUT2D eigenvalue weighted by molar-refractivity contribution is -0.118. The topological polar surface area (TPSA) is 72.6 Å². The number of amides is 2. The van der Waals surface area contributed by atoms with Crippen molar-refractivity contribution in [3.63, 3.8) is 0 Å². The van der Waals surface area contributed by atoms with Crippen LogP contribution in [0.3, 0.4) is 0 Å². The lowest BCUT2D eigenvalue weighted by Crippen LogP contribution is -2.44. The maximum Gasteiger partial charge on any atom is 0.258 e. The van der Waals surface area contributed by atoms with E-state index in [-0.39, 0.29) is 17.9 Å². The van der Waals surface area contributed by atoms with Gasteiger partial charge in [0, 0.05) is 23.7 Å². The van der Waals surface area contributed by atoms with Crippen LogP contribution in [0.25, 0.3) is 0 Å². The summed E-state index contributed by atoms with van der Waals surface area (Å²) < 4.78 is 5.27. The number of nitrogens with zero attached hydrogens (tertiary/aromatic N) is 1. The highest BCUT2D eigenvalue weighted by Gasteiger charge is 2.36. The van der Waals surface area contributed by atoms with Crippen LogP contribution in [0.4, 0.5) is 5.69 Å². The van der Waals surface area contributed by atoms with Gasteiger partial charge >= 0.3 is 0 Å². The fourth-order valence-corrected chi connectivity index (χ4v) is 4.17. The number of methoxy groups -OCH3 is 1. The fourth-order valence-electron chi connectivity index (χ4n) is 4.17. The van der Waals surface area contributed by atoms with Gasteiger partial charge in [-0.1, -0.05) is 31.2 Å². The van der Waals surface area contributed by atoms with Crippen molar-refractivity contribution in [3.05, 3.63) is 59.7 Å². The van der Waals surface area contributed by atoms with E-state index in [1.807, 2.05) is 41.3 Å². The van der Waals surface area contributed by atoms with Crippen LogP contribution in [0.5, 0.6) is 5.75 Å². The summed E-state index contributed by atoms with van der Waals surface area (Å²) in [6, 6.07) is 15.4. The van der Waals surface area contributed by atoms with Crippen molar-refractivity contribution >= 4 is 17.5 Å². The number of anilines is 1. The molecule has 148 valence electrons. The van der Waals surface area contributed by atoms with Crippen molar-refractivity contribution in [2.45, 2.75) is 45.1 Å². The first-order chi connectivity index (χ1) is 13.4. The molecule has 0 saturated carbocycles. The smallest absolute Gasteiger partial charge is 0.258 e. The first-order valence-corrected chi connectivity index (χ1v) is 9.77. The molecule has 0 radical (unpaired) electrons. The number of fused-ring (bicyclic) bond motifs is 1. The van der Waals surface area contributed by atoms with Crippen LogP contribution >= 0.6 is 0 Å². The Morgan fingerprint density at radius 1 is 1.21 bits per heavy atom. The van der Waals surface area contributed by atoms with Gasteiger partial charge in [0.15, 0.2) is 0 Å². The number of rotatable bonds is 6. The summed E-state index contributed by atoms with van der Waals surface area (Å²) in [6.07, 6.45) is 2.00. The molecule has 2 aromatic rings. The second-order valence-electron chi connectivity index (χ2n) is 7.64.